The number of rotatable bonds is 4. The number of benzene rings is 1. The summed E-state index contributed by atoms with van der Waals surface area (Å²) in [6, 6.07) is 14.1. The van der Waals surface area contributed by atoms with Gasteiger partial charge in [0, 0.05) is 17.7 Å². The molecule has 128 valence electrons. The molecule has 2 aromatic heterocycles. The minimum absolute atomic E-state index is 0.294. The molecule has 0 saturated carbocycles. The largest absolute Gasteiger partial charge is 0.360 e. The van der Waals surface area contributed by atoms with Gasteiger partial charge in [-0.2, -0.15) is 5.10 Å². The normalized spacial score (nSPS) is 11.3. The summed E-state index contributed by atoms with van der Waals surface area (Å²) in [6.07, 6.45) is 0. The molecular weight excluding hydrogens is 320 g/mol. The van der Waals surface area contributed by atoms with Crippen LogP contribution in [0.4, 0.5) is 5.82 Å². The quantitative estimate of drug-likeness (QED) is 0.789. The van der Waals surface area contributed by atoms with Crippen molar-refractivity contribution in [3.63, 3.8) is 0 Å². The van der Waals surface area contributed by atoms with E-state index >= 15 is 0 Å². The molecule has 1 amide bonds. The van der Waals surface area contributed by atoms with Gasteiger partial charge in [0.2, 0.25) is 0 Å². The fourth-order valence-corrected chi connectivity index (χ4v) is 2.37. The summed E-state index contributed by atoms with van der Waals surface area (Å²) in [7, 11) is 0. The Morgan fingerprint density at radius 2 is 1.88 bits per heavy atom. The van der Waals surface area contributed by atoms with Crippen LogP contribution in [-0.4, -0.2) is 20.8 Å². The van der Waals surface area contributed by atoms with Crippen molar-refractivity contribution < 1.29 is 9.32 Å². The maximum absolute atomic E-state index is 12.7. The lowest BCUT2D eigenvalue weighted by molar-refractivity contribution is -0.123. The highest BCUT2D eigenvalue weighted by molar-refractivity contribution is 5.95. The predicted octanol–water partition coefficient (Wildman–Crippen LogP) is 2.58. The molecule has 7 heteroatoms. The summed E-state index contributed by atoms with van der Waals surface area (Å²) in [4.78, 5) is 24.9. The first-order chi connectivity index (χ1) is 11.9. The van der Waals surface area contributed by atoms with Crippen LogP contribution in [0.1, 0.15) is 19.6 Å². The number of hydrogen-bond acceptors (Lipinski definition) is 5. The second-order valence-corrected chi connectivity index (χ2v) is 6.17. The van der Waals surface area contributed by atoms with Crippen molar-refractivity contribution in [1.29, 1.82) is 0 Å². The summed E-state index contributed by atoms with van der Waals surface area (Å²) < 4.78 is 6.11. The number of aryl methyl sites for hydroxylation is 1. The molecule has 1 N–H and O–H groups in total. The highest BCUT2D eigenvalue weighted by Crippen LogP contribution is 2.19. The number of carbonyl (C=O) groups excluding carboxylic acids is 1. The molecule has 0 aliphatic carbocycles. The first-order valence-corrected chi connectivity index (χ1v) is 7.79. The van der Waals surface area contributed by atoms with Crippen LogP contribution in [0, 0.1) is 6.92 Å². The third-order valence-corrected chi connectivity index (χ3v) is 3.82. The van der Waals surface area contributed by atoms with E-state index in [1.807, 2.05) is 30.3 Å². The molecular formula is C18H18N4O3. The molecule has 2 heterocycles. The number of anilines is 1. The lowest BCUT2D eigenvalue weighted by Crippen LogP contribution is -2.47. The van der Waals surface area contributed by atoms with E-state index < -0.39 is 11.4 Å². The third-order valence-electron chi connectivity index (χ3n) is 3.82. The molecule has 0 aliphatic rings. The van der Waals surface area contributed by atoms with Crippen LogP contribution in [0.2, 0.25) is 0 Å². The van der Waals surface area contributed by atoms with Gasteiger partial charge in [-0.3, -0.25) is 9.59 Å². The topological polar surface area (TPSA) is 90.0 Å². The molecule has 0 radical (unpaired) electrons. The van der Waals surface area contributed by atoms with Crippen molar-refractivity contribution in [2.75, 3.05) is 5.32 Å². The summed E-state index contributed by atoms with van der Waals surface area (Å²) in [5.41, 5.74) is -0.108. The molecule has 1 aromatic carbocycles. The molecule has 3 aromatic rings. The third kappa shape index (κ3) is 3.35. The van der Waals surface area contributed by atoms with E-state index in [-0.39, 0.29) is 5.56 Å². The standard InChI is InChI=1S/C18H18N4O3/c1-12-11-15(21-25-12)19-17(24)18(2,3)22-16(23)10-9-14(20-22)13-7-5-4-6-8-13/h4-11H,1-3H3,(H,19,21,24). The Labute approximate surface area is 144 Å². The average molecular weight is 338 g/mol. The zero-order valence-electron chi connectivity index (χ0n) is 14.2. The summed E-state index contributed by atoms with van der Waals surface area (Å²) in [5, 5.41) is 10.8. The number of nitrogens with one attached hydrogen (secondary N) is 1. The summed E-state index contributed by atoms with van der Waals surface area (Å²) in [5.74, 6) is 0.456. The number of nitrogens with zero attached hydrogens (tertiary/aromatic N) is 3. The smallest absolute Gasteiger partial charge is 0.267 e. The second-order valence-electron chi connectivity index (χ2n) is 6.17. The van der Waals surface area contributed by atoms with Gasteiger partial charge < -0.3 is 9.84 Å². The van der Waals surface area contributed by atoms with Gasteiger partial charge >= 0.3 is 0 Å². The van der Waals surface area contributed by atoms with E-state index in [0.717, 1.165) is 5.56 Å². The first kappa shape index (κ1) is 16.6. The Morgan fingerprint density at radius 1 is 1.16 bits per heavy atom. The van der Waals surface area contributed by atoms with Crippen molar-refractivity contribution in [1.82, 2.24) is 14.9 Å². The molecule has 0 bridgehead atoms. The maximum Gasteiger partial charge on any atom is 0.267 e. The fraction of sp³-hybridized carbons (Fsp3) is 0.222. The molecule has 0 unspecified atom stereocenters. The monoisotopic (exact) mass is 338 g/mol. The van der Waals surface area contributed by atoms with Crippen LogP contribution < -0.4 is 10.9 Å². The second kappa shape index (κ2) is 6.35. The fourth-order valence-electron chi connectivity index (χ4n) is 2.37. The van der Waals surface area contributed by atoms with Gasteiger partial charge in [-0.1, -0.05) is 35.5 Å². The molecule has 0 aliphatic heterocycles. The molecule has 0 saturated heterocycles. The van der Waals surface area contributed by atoms with Crippen LogP contribution in [0.25, 0.3) is 11.3 Å². The lowest BCUT2D eigenvalue weighted by atomic mass is 10.0. The predicted molar refractivity (Wildman–Crippen MR) is 93.1 cm³/mol. The molecule has 3 rings (SSSR count). The molecule has 0 spiro atoms. The van der Waals surface area contributed by atoms with Gasteiger partial charge in [-0.15, -0.1) is 0 Å². The average Bonchev–Trinajstić information content (AvgIpc) is 3.00. The Hall–Kier alpha value is -3.22. The molecule has 0 fully saturated rings. The minimum Gasteiger partial charge on any atom is -0.360 e. The van der Waals surface area contributed by atoms with Crippen molar-refractivity contribution in [3.05, 3.63) is 64.6 Å². The van der Waals surface area contributed by atoms with E-state index in [1.54, 1.807) is 32.9 Å². The van der Waals surface area contributed by atoms with Crippen molar-refractivity contribution in [2.45, 2.75) is 26.3 Å². The number of carbonyl (C=O) groups is 1. The van der Waals surface area contributed by atoms with Gasteiger partial charge in [0.25, 0.3) is 11.5 Å². The number of amides is 1. The molecule has 25 heavy (non-hydrogen) atoms. The highest BCUT2D eigenvalue weighted by atomic mass is 16.5. The molecule has 7 nitrogen and oxygen atoms in total. The van der Waals surface area contributed by atoms with Gasteiger partial charge in [0.05, 0.1) is 5.69 Å². The van der Waals surface area contributed by atoms with E-state index in [2.05, 4.69) is 15.6 Å². The highest BCUT2D eigenvalue weighted by Gasteiger charge is 2.33. The minimum atomic E-state index is -1.21. The van der Waals surface area contributed by atoms with Crippen molar-refractivity contribution >= 4 is 11.7 Å². The van der Waals surface area contributed by atoms with E-state index in [4.69, 9.17) is 4.52 Å². The SMILES string of the molecule is Cc1cc(NC(=O)C(C)(C)n2nc(-c3ccccc3)ccc2=O)no1. The van der Waals surface area contributed by atoms with E-state index in [9.17, 15) is 9.59 Å². The van der Waals surface area contributed by atoms with Crippen LogP contribution in [0.5, 0.6) is 0 Å². The number of hydrogen-bond donors (Lipinski definition) is 1. The van der Waals surface area contributed by atoms with E-state index in [1.165, 1.54) is 10.7 Å². The number of aromatic nitrogens is 3. The van der Waals surface area contributed by atoms with Gasteiger partial charge in [0.1, 0.15) is 11.3 Å². The summed E-state index contributed by atoms with van der Waals surface area (Å²) in [6.45, 7) is 4.97. The summed E-state index contributed by atoms with van der Waals surface area (Å²) >= 11 is 0. The van der Waals surface area contributed by atoms with Crippen molar-refractivity contribution in [3.8, 4) is 11.3 Å². The maximum atomic E-state index is 12.7. The van der Waals surface area contributed by atoms with Gasteiger partial charge in [-0.05, 0) is 26.8 Å². The van der Waals surface area contributed by atoms with Gasteiger partial charge in [0.15, 0.2) is 5.82 Å². The zero-order chi connectivity index (χ0) is 18.0. The lowest BCUT2D eigenvalue weighted by Gasteiger charge is -2.24. The van der Waals surface area contributed by atoms with Gasteiger partial charge in [-0.25, -0.2) is 4.68 Å². The van der Waals surface area contributed by atoms with Crippen LogP contribution in [0.3, 0.4) is 0 Å². The van der Waals surface area contributed by atoms with Crippen LogP contribution in [-0.2, 0) is 10.3 Å². The molecule has 0 atom stereocenters. The first-order valence-electron chi connectivity index (χ1n) is 7.79. The van der Waals surface area contributed by atoms with Crippen LogP contribution >= 0.6 is 0 Å². The Bertz CT molecular complexity index is 958. The Morgan fingerprint density at radius 3 is 2.52 bits per heavy atom. The van der Waals surface area contributed by atoms with E-state index in [0.29, 0.717) is 17.3 Å². The Balaban J connectivity index is 1.96. The Kier molecular flexibility index (Phi) is 4.22. The zero-order valence-corrected chi connectivity index (χ0v) is 14.2. The van der Waals surface area contributed by atoms with Crippen LogP contribution in [0.15, 0.2) is 57.8 Å². The van der Waals surface area contributed by atoms with Crippen molar-refractivity contribution in [2.24, 2.45) is 0 Å².